The number of rotatable bonds is 4. The molecule has 0 spiro atoms. The topological polar surface area (TPSA) is 47.2 Å². The van der Waals surface area contributed by atoms with Crippen LogP contribution in [0.3, 0.4) is 0 Å². The number of amides is 1. The number of benzene rings is 1. The molecular formula is C20H21ClN2O2. The van der Waals surface area contributed by atoms with Crippen LogP contribution in [-0.4, -0.2) is 16.5 Å². The molecule has 0 atom stereocenters. The Labute approximate surface area is 151 Å². The van der Waals surface area contributed by atoms with E-state index in [-0.39, 0.29) is 11.9 Å². The number of carbonyl (C=O) groups excluding carboxylic acids is 1. The molecule has 4 nitrogen and oxygen atoms in total. The molecule has 0 bridgehead atoms. The maximum atomic E-state index is 12.9. The van der Waals surface area contributed by atoms with Crippen LogP contribution >= 0.6 is 11.6 Å². The monoisotopic (exact) mass is 356 g/mol. The first-order valence-corrected chi connectivity index (χ1v) is 9.20. The summed E-state index contributed by atoms with van der Waals surface area (Å²) in [7, 11) is 0. The number of carbonyl (C=O) groups is 1. The van der Waals surface area contributed by atoms with Gasteiger partial charge in [0.1, 0.15) is 5.69 Å². The Bertz CT molecular complexity index is 890. The Kier molecular flexibility index (Phi) is 4.53. The van der Waals surface area contributed by atoms with Gasteiger partial charge in [-0.1, -0.05) is 43.0 Å². The molecule has 2 aromatic heterocycles. The predicted octanol–water partition coefficient (Wildman–Crippen LogP) is 5.00. The fourth-order valence-corrected chi connectivity index (χ4v) is 3.87. The normalized spacial score (nSPS) is 15.6. The third-order valence-corrected chi connectivity index (χ3v) is 5.16. The van der Waals surface area contributed by atoms with Gasteiger partial charge in [-0.2, -0.15) is 0 Å². The lowest BCUT2D eigenvalue weighted by atomic mass is 9.95. The van der Waals surface area contributed by atoms with Crippen LogP contribution < -0.4 is 5.32 Å². The van der Waals surface area contributed by atoms with Crippen molar-refractivity contribution in [2.75, 3.05) is 0 Å². The second kappa shape index (κ2) is 6.96. The molecule has 1 amide bonds. The van der Waals surface area contributed by atoms with E-state index in [4.69, 9.17) is 16.0 Å². The number of aromatic nitrogens is 1. The zero-order chi connectivity index (χ0) is 17.2. The van der Waals surface area contributed by atoms with Gasteiger partial charge >= 0.3 is 0 Å². The molecule has 1 aliphatic rings. The van der Waals surface area contributed by atoms with Gasteiger partial charge in [0.2, 0.25) is 0 Å². The maximum absolute atomic E-state index is 12.9. The van der Waals surface area contributed by atoms with Crippen LogP contribution in [0.25, 0.3) is 11.1 Å². The van der Waals surface area contributed by atoms with Crippen molar-refractivity contribution in [2.45, 2.75) is 44.7 Å². The molecule has 1 aliphatic carbocycles. The highest BCUT2D eigenvalue weighted by Gasteiger charge is 2.21. The van der Waals surface area contributed by atoms with Crippen molar-refractivity contribution >= 4 is 28.6 Å². The van der Waals surface area contributed by atoms with Crippen molar-refractivity contribution < 1.29 is 9.21 Å². The van der Waals surface area contributed by atoms with Gasteiger partial charge in [-0.15, -0.1) is 0 Å². The molecule has 3 aromatic rings. The molecule has 1 fully saturated rings. The van der Waals surface area contributed by atoms with E-state index in [0.29, 0.717) is 17.3 Å². The molecule has 1 aromatic carbocycles. The first-order valence-electron chi connectivity index (χ1n) is 8.83. The molecule has 2 heterocycles. The van der Waals surface area contributed by atoms with Crippen LogP contribution in [0.5, 0.6) is 0 Å². The Balaban J connectivity index is 1.63. The first kappa shape index (κ1) is 16.3. The van der Waals surface area contributed by atoms with Crippen LogP contribution in [0.4, 0.5) is 0 Å². The average molecular weight is 357 g/mol. The van der Waals surface area contributed by atoms with Crippen LogP contribution in [0.1, 0.15) is 48.2 Å². The number of fused-ring (bicyclic) bond motifs is 1. The van der Waals surface area contributed by atoms with Gasteiger partial charge < -0.3 is 14.3 Å². The lowest BCUT2D eigenvalue weighted by molar-refractivity contribution is 0.0919. The predicted molar refractivity (Wildman–Crippen MR) is 99.1 cm³/mol. The summed E-state index contributed by atoms with van der Waals surface area (Å²) in [5.74, 6) is -0.0275. The zero-order valence-electron chi connectivity index (χ0n) is 14.0. The van der Waals surface area contributed by atoms with Crippen LogP contribution in [-0.2, 0) is 6.54 Å². The Morgan fingerprint density at radius 3 is 2.84 bits per heavy atom. The third kappa shape index (κ3) is 3.45. The minimum Gasteiger partial charge on any atom is -0.463 e. The van der Waals surface area contributed by atoms with Gasteiger partial charge in [0, 0.05) is 29.7 Å². The van der Waals surface area contributed by atoms with Crippen molar-refractivity contribution in [1.29, 1.82) is 0 Å². The first-order chi connectivity index (χ1) is 12.2. The number of hydrogen-bond acceptors (Lipinski definition) is 2. The maximum Gasteiger partial charge on any atom is 0.268 e. The summed E-state index contributed by atoms with van der Waals surface area (Å²) in [6.45, 7) is 0.580. The van der Waals surface area contributed by atoms with E-state index in [2.05, 4.69) is 5.32 Å². The van der Waals surface area contributed by atoms with E-state index in [1.54, 1.807) is 6.26 Å². The highest BCUT2D eigenvalue weighted by Crippen LogP contribution is 2.24. The molecule has 0 aliphatic heterocycles. The zero-order valence-corrected chi connectivity index (χ0v) is 14.8. The van der Waals surface area contributed by atoms with E-state index in [1.807, 2.05) is 41.0 Å². The SMILES string of the molecule is O=C(NC1CCCCC1)c1cc2occc2n1Cc1cccc(Cl)c1. The van der Waals surface area contributed by atoms with E-state index in [1.165, 1.54) is 19.3 Å². The van der Waals surface area contributed by atoms with Crippen LogP contribution in [0.2, 0.25) is 5.02 Å². The molecule has 25 heavy (non-hydrogen) atoms. The van der Waals surface area contributed by atoms with Crippen LogP contribution in [0.15, 0.2) is 47.1 Å². The summed E-state index contributed by atoms with van der Waals surface area (Å²) in [5, 5.41) is 3.89. The summed E-state index contributed by atoms with van der Waals surface area (Å²) >= 11 is 6.11. The summed E-state index contributed by atoms with van der Waals surface area (Å²) in [6, 6.07) is 11.7. The Morgan fingerprint density at radius 2 is 2.04 bits per heavy atom. The number of nitrogens with one attached hydrogen (secondary N) is 1. The highest BCUT2D eigenvalue weighted by molar-refractivity contribution is 6.30. The lowest BCUT2D eigenvalue weighted by Gasteiger charge is -2.23. The molecule has 130 valence electrons. The van der Waals surface area contributed by atoms with Crippen molar-refractivity contribution in [3.05, 3.63) is 58.9 Å². The van der Waals surface area contributed by atoms with Crippen molar-refractivity contribution in [3.63, 3.8) is 0 Å². The van der Waals surface area contributed by atoms with E-state index >= 15 is 0 Å². The molecule has 0 unspecified atom stereocenters. The van der Waals surface area contributed by atoms with Gasteiger partial charge in [-0.05, 0) is 30.5 Å². The Hall–Kier alpha value is -2.20. The number of halogens is 1. The largest absolute Gasteiger partial charge is 0.463 e. The van der Waals surface area contributed by atoms with Crippen molar-refractivity contribution in [3.8, 4) is 0 Å². The lowest BCUT2D eigenvalue weighted by Crippen LogP contribution is -2.37. The van der Waals surface area contributed by atoms with Gasteiger partial charge in [0.15, 0.2) is 5.58 Å². The van der Waals surface area contributed by atoms with E-state index in [0.717, 1.165) is 29.5 Å². The van der Waals surface area contributed by atoms with Gasteiger partial charge in [-0.3, -0.25) is 4.79 Å². The number of furan rings is 1. The summed E-state index contributed by atoms with van der Waals surface area (Å²) in [5.41, 5.74) is 3.35. The van der Waals surface area contributed by atoms with Crippen molar-refractivity contribution in [1.82, 2.24) is 9.88 Å². The molecule has 4 rings (SSSR count). The molecular weight excluding hydrogens is 336 g/mol. The summed E-state index contributed by atoms with van der Waals surface area (Å²) < 4.78 is 7.52. The van der Waals surface area contributed by atoms with E-state index in [9.17, 15) is 4.79 Å². The molecule has 0 saturated heterocycles. The van der Waals surface area contributed by atoms with Gasteiger partial charge in [-0.25, -0.2) is 0 Å². The molecule has 1 N–H and O–H groups in total. The molecule has 0 radical (unpaired) electrons. The number of nitrogens with zero attached hydrogens (tertiary/aromatic N) is 1. The second-order valence-corrected chi connectivity index (χ2v) is 7.16. The molecule has 1 saturated carbocycles. The Morgan fingerprint density at radius 1 is 1.20 bits per heavy atom. The molecule has 5 heteroatoms. The summed E-state index contributed by atoms with van der Waals surface area (Å²) in [4.78, 5) is 12.9. The minimum absolute atomic E-state index is 0.0275. The quantitative estimate of drug-likeness (QED) is 0.715. The van der Waals surface area contributed by atoms with Gasteiger partial charge in [0.25, 0.3) is 5.91 Å². The van der Waals surface area contributed by atoms with Gasteiger partial charge in [0.05, 0.1) is 11.8 Å². The second-order valence-electron chi connectivity index (χ2n) is 6.72. The van der Waals surface area contributed by atoms with Crippen LogP contribution in [0, 0.1) is 0 Å². The average Bonchev–Trinajstić information content (AvgIpc) is 3.19. The highest BCUT2D eigenvalue weighted by atomic mass is 35.5. The minimum atomic E-state index is -0.0275. The summed E-state index contributed by atoms with van der Waals surface area (Å²) in [6.07, 6.45) is 7.44. The third-order valence-electron chi connectivity index (χ3n) is 4.93. The smallest absolute Gasteiger partial charge is 0.268 e. The fraction of sp³-hybridized carbons (Fsp3) is 0.350. The van der Waals surface area contributed by atoms with Crippen molar-refractivity contribution in [2.24, 2.45) is 0 Å². The fourth-order valence-electron chi connectivity index (χ4n) is 3.66. The standard InChI is InChI=1S/C20H21ClN2O2/c21-15-6-4-5-14(11-15)13-23-17-9-10-25-19(17)12-18(23)20(24)22-16-7-2-1-3-8-16/h4-6,9-12,16H,1-3,7-8,13H2,(H,22,24). The van der Waals surface area contributed by atoms with E-state index < -0.39 is 0 Å². The number of hydrogen-bond donors (Lipinski definition) is 1.